The van der Waals surface area contributed by atoms with Gasteiger partial charge in [0.1, 0.15) is 0 Å². The molecule has 1 atom stereocenters. The summed E-state index contributed by atoms with van der Waals surface area (Å²) < 4.78 is 10.8. The summed E-state index contributed by atoms with van der Waals surface area (Å²) in [4.78, 5) is 24.0. The van der Waals surface area contributed by atoms with Crippen LogP contribution in [-0.4, -0.2) is 29.3 Å². The van der Waals surface area contributed by atoms with Crippen molar-refractivity contribution in [1.82, 2.24) is 10.6 Å². The lowest BCUT2D eigenvalue weighted by atomic mass is 9.95. The second kappa shape index (κ2) is 9.44. The molecule has 1 heterocycles. The van der Waals surface area contributed by atoms with Crippen LogP contribution < -0.4 is 20.1 Å². The van der Waals surface area contributed by atoms with Crippen molar-refractivity contribution in [3.05, 3.63) is 76.5 Å². The lowest BCUT2D eigenvalue weighted by Crippen LogP contribution is -2.44. The molecule has 0 aromatic heterocycles. The van der Waals surface area contributed by atoms with Gasteiger partial charge in [-0.2, -0.15) is 0 Å². The Kier molecular flexibility index (Phi) is 6.71. The second-order valence-electron chi connectivity index (χ2n) is 6.90. The van der Waals surface area contributed by atoms with Crippen molar-refractivity contribution >= 4 is 35.3 Å². The van der Waals surface area contributed by atoms with Gasteiger partial charge in [0.05, 0.1) is 18.7 Å². The fourth-order valence-electron chi connectivity index (χ4n) is 3.25. The molecule has 1 aliphatic heterocycles. The number of thiocarbonyl (C=S) groups is 1. The Morgan fingerprint density at radius 3 is 2.55 bits per heavy atom. The summed E-state index contributed by atoms with van der Waals surface area (Å²) in [5, 5.41) is 15.7. The summed E-state index contributed by atoms with van der Waals surface area (Å²) in [7, 11) is 1.44. The van der Waals surface area contributed by atoms with Gasteiger partial charge in [0, 0.05) is 11.8 Å². The number of benzene rings is 2. The van der Waals surface area contributed by atoms with Gasteiger partial charge in [-0.1, -0.05) is 30.3 Å². The predicted molar refractivity (Wildman–Crippen MR) is 121 cm³/mol. The maximum absolute atomic E-state index is 12.3. The molecule has 0 saturated carbocycles. The number of allylic oxidation sites excluding steroid dienone is 1. The monoisotopic (exact) mass is 438 g/mol. The zero-order valence-corrected chi connectivity index (χ0v) is 18.1. The fraction of sp³-hybridized carbons (Fsp3) is 0.174. The van der Waals surface area contributed by atoms with E-state index in [-0.39, 0.29) is 11.3 Å². The molecule has 8 heteroatoms. The Bertz CT molecular complexity index is 1110. The van der Waals surface area contributed by atoms with Crippen LogP contribution in [-0.2, 0) is 9.59 Å². The smallest absolute Gasteiger partial charge is 0.336 e. The van der Waals surface area contributed by atoms with Gasteiger partial charge in [0.25, 0.3) is 0 Å². The lowest BCUT2D eigenvalue weighted by molar-refractivity contribution is -0.133. The molecule has 1 unspecified atom stereocenters. The van der Waals surface area contributed by atoms with Gasteiger partial charge in [0.2, 0.25) is 0 Å². The molecule has 0 fully saturated rings. The minimum atomic E-state index is -1.07. The SMILES string of the molecule is COc1cc(C2NC(=S)NC(C)=C2C(=O)O)ccc1OC(=O)C=Cc1ccccc1C. The summed E-state index contributed by atoms with van der Waals surface area (Å²) in [6, 6.07) is 11.8. The van der Waals surface area contributed by atoms with E-state index in [1.165, 1.54) is 13.2 Å². The summed E-state index contributed by atoms with van der Waals surface area (Å²) >= 11 is 5.16. The number of aryl methyl sites for hydroxylation is 1. The normalized spacial score (nSPS) is 16.0. The number of nitrogens with one attached hydrogen (secondary N) is 2. The van der Waals surface area contributed by atoms with Crippen molar-refractivity contribution in [2.45, 2.75) is 19.9 Å². The van der Waals surface area contributed by atoms with Crippen LogP contribution in [0.3, 0.4) is 0 Å². The van der Waals surface area contributed by atoms with E-state index in [0.717, 1.165) is 11.1 Å². The predicted octanol–water partition coefficient (Wildman–Crippen LogP) is 3.50. The number of carboxylic acid groups (broad SMARTS) is 1. The third-order valence-corrected chi connectivity index (χ3v) is 5.04. The number of aliphatic carboxylic acids is 1. The highest BCUT2D eigenvalue weighted by Gasteiger charge is 2.30. The average molecular weight is 439 g/mol. The molecule has 0 saturated heterocycles. The molecule has 0 aliphatic carbocycles. The van der Waals surface area contributed by atoms with E-state index in [9.17, 15) is 14.7 Å². The van der Waals surface area contributed by atoms with Crippen LogP contribution in [0.5, 0.6) is 11.5 Å². The molecular formula is C23H22N2O5S. The number of hydrogen-bond donors (Lipinski definition) is 3. The summed E-state index contributed by atoms with van der Waals surface area (Å²) in [5.41, 5.74) is 3.16. The first-order valence-corrected chi connectivity index (χ1v) is 9.86. The number of carbonyl (C=O) groups is 2. The Hall–Kier alpha value is -3.65. The minimum Gasteiger partial charge on any atom is -0.493 e. The highest BCUT2D eigenvalue weighted by atomic mass is 32.1. The molecule has 0 amide bonds. The topological polar surface area (TPSA) is 96.9 Å². The van der Waals surface area contributed by atoms with Crippen molar-refractivity contribution in [2.24, 2.45) is 0 Å². The summed E-state index contributed by atoms with van der Waals surface area (Å²) in [6.07, 6.45) is 3.03. The molecule has 1 aliphatic rings. The van der Waals surface area contributed by atoms with E-state index in [2.05, 4.69) is 10.6 Å². The van der Waals surface area contributed by atoms with E-state index in [1.54, 1.807) is 31.2 Å². The summed E-state index contributed by atoms with van der Waals surface area (Å²) in [6.45, 7) is 3.60. The molecule has 2 aromatic carbocycles. The van der Waals surface area contributed by atoms with Crippen LogP contribution in [0.4, 0.5) is 0 Å². The Labute approximate surface area is 185 Å². The molecule has 0 spiro atoms. The van der Waals surface area contributed by atoms with Crippen molar-refractivity contribution in [2.75, 3.05) is 7.11 Å². The van der Waals surface area contributed by atoms with Gasteiger partial charge < -0.3 is 25.2 Å². The molecule has 3 rings (SSSR count). The second-order valence-corrected chi connectivity index (χ2v) is 7.30. The Morgan fingerprint density at radius 1 is 1.13 bits per heavy atom. The first kappa shape index (κ1) is 22.0. The zero-order chi connectivity index (χ0) is 22.5. The summed E-state index contributed by atoms with van der Waals surface area (Å²) in [5.74, 6) is -1.11. The largest absolute Gasteiger partial charge is 0.493 e. The number of ether oxygens (including phenoxy) is 2. The molecule has 3 N–H and O–H groups in total. The van der Waals surface area contributed by atoms with Crippen molar-refractivity contribution < 1.29 is 24.2 Å². The van der Waals surface area contributed by atoms with E-state index in [1.807, 2.05) is 31.2 Å². The lowest BCUT2D eigenvalue weighted by Gasteiger charge is -2.29. The van der Waals surface area contributed by atoms with Gasteiger partial charge in [-0.25, -0.2) is 9.59 Å². The van der Waals surface area contributed by atoms with Gasteiger partial charge in [0.15, 0.2) is 16.6 Å². The van der Waals surface area contributed by atoms with Crippen molar-refractivity contribution in [3.8, 4) is 11.5 Å². The van der Waals surface area contributed by atoms with E-state index >= 15 is 0 Å². The number of methoxy groups -OCH3 is 1. The minimum absolute atomic E-state index is 0.140. The number of rotatable bonds is 6. The van der Waals surface area contributed by atoms with Crippen LogP contribution >= 0.6 is 12.2 Å². The van der Waals surface area contributed by atoms with Crippen LogP contribution in [0.15, 0.2) is 59.8 Å². The first-order valence-electron chi connectivity index (χ1n) is 9.45. The van der Waals surface area contributed by atoms with Crippen LogP contribution in [0.2, 0.25) is 0 Å². The zero-order valence-electron chi connectivity index (χ0n) is 17.3. The van der Waals surface area contributed by atoms with Crippen molar-refractivity contribution in [1.29, 1.82) is 0 Å². The van der Waals surface area contributed by atoms with E-state index < -0.39 is 18.0 Å². The van der Waals surface area contributed by atoms with Crippen molar-refractivity contribution in [3.63, 3.8) is 0 Å². The van der Waals surface area contributed by atoms with Gasteiger partial charge in [-0.3, -0.25) is 0 Å². The molecule has 160 valence electrons. The van der Waals surface area contributed by atoms with E-state index in [4.69, 9.17) is 21.7 Å². The quantitative estimate of drug-likeness (QED) is 0.273. The Morgan fingerprint density at radius 2 is 1.87 bits per heavy atom. The number of carboxylic acids is 1. The average Bonchev–Trinajstić information content (AvgIpc) is 2.72. The molecule has 0 bridgehead atoms. The third-order valence-electron chi connectivity index (χ3n) is 4.82. The van der Waals surface area contributed by atoms with Crippen LogP contribution in [0, 0.1) is 6.92 Å². The standard InChI is InChI=1S/C23H22N2O5S/c1-13-6-4-5-7-15(13)9-11-19(26)30-17-10-8-16(12-18(17)29-3)21-20(22(27)28)14(2)24-23(31)25-21/h4-12,21H,1-3H3,(H,27,28)(H2,24,25,31). The molecule has 7 nitrogen and oxygen atoms in total. The number of carbonyl (C=O) groups excluding carboxylic acids is 1. The van der Waals surface area contributed by atoms with E-state index in [0.29, 0.717) is 22.1 Å². The first-order chi connectivity index (χ1) is 14.8. The molecule has 0 radical (unpaired) electrons. The number of hydrogen-bond acceptors (Lipinski definition) is 5. The molecular weight excluding hydrogens is 416 g/mol. The third kappa shape index (κ3) is 5.10. The Balaban J connectivity index is 1.84. The maximum Gasteiger partial charge on any atom is 0.336 e. The van der Waals surface area contributed by atoms with Crippen LogP contribution in [0.1, 0.15) is 29.7 Å². The fourth-order valence-corrected chi connectivity index (χ4v) is 3.52. The van der Waals surface area contributed by atoms with Crippen LogP contribution in [0.25, 0.3) is 6.08 Å². The maximum atomic E-state index is 12.3. The van der Waals surface area contributed by atoms with Gasteiger partial charge >= 0.3 is 11.9 Å². The van der Waals surface area contributed by atoms with Gasteiger partial charge in [-0.05, 0) is 61.0 Å². The molecule has 31 heavy (non-hydrogen) atoms. The molecule has 2 aromatic rings. The highest BCUT2D eigenvalue weighted by molar-refractivity contribution is 7.80. The highest BCUT2D eigenvalue weighted by Crippen LogP contribution is 2.34. The van der Waals surface area contributed by atoms with Gasteiger partial charge in [-0.15, -0.1) is 0 Å². The number of esters is 1.